The first-order chi connectivity index (χ1) is 24.7. The van der Waals surface area contributed by atoms with E-state index in [1.165, 1.54) is 22.3 Å². The molecule has 52 heavy (non-hydrogen) atoms. The number of ether oxygens (including phenoxy) is 1. The summed E-state index contributed by atoms with van der Waals surface area (Å²) in [5.74, 6) is 2.67. The van der Waals surface area contributed by atoms with Gasteiger partial charge in [-0.2, -0.15) is 12.1 Å². The molecule has 0 unspecified atom stereocenters. The third-order valence-electron chi connectivity index (χ3n) is 9.35. The van der Waals surface area contributed by atoms with Crippen molar-refractivity contribution in [2.75, 3.05) is 9.80 Å². The number of benzene rings is 5. The van der Waals surface area contributed by atoms with Crippen LogP contribution < -0.4 is 14.5 Å². The average Bonchev–Trinajstić information content (AvgIpc) is 3.75. The minimum Gasteiger partial charge on any atom is -0.509 e. The van der Waals surface area contributed by atoms with Crippen LogP contribution in [0.25, 0.3) is 38.8 Å². The second kappa shape index (κ2) is 14.5. The maximum Gasteiger partial charge on any atom is 0.135 e. The molecule has 0 radical (unpaired) electrons. The molecule has 5 nitrogen and oxygen atoms in total. The Bertz CT molecular complexity index is 2390. The molecule has 0 bridgehead atoms. The molecule has 1 aliphatic heterocycles. The van der Waals surface area contributed by atoms with Crippen molar-refractivity contribution in [2.24, 2.45) is 5.92 Å². The Morgan fingerprint density at radius 3 is 2.33 bits per heavy atom. The normalized spacial score (nSPS) is 13.0. The van der Waals surface area contributed by atoms with Gasteiger partial charge in [-0.25, -0.2) is 4.98 Å². The smallest absolute Gasteiger partial charge is 0.135 e. The molecule has 0 fully saturated rings. The number of rotatable bonds is 8. The van der Waals surface area contributed by atoms with E-state index in [2.05, 4.69) is 171 Å². The van der Waals surface area contributed by atoms with Gasteiger partial charge in [0.2, 0.25) is 0 Å². The van der Waals surface area contributed by atoms with Crippen molar-refractivity contribution >= 4 is 33.2 Å². The number of hydrogen-bond acceptors (Lipinski definition) is 4. The van der Waals surface area contributed by atoms with Crippen molar-refractivity contribution in [1.29, 1.82) is 0 Å². The van der Waals surface area contributed by atoms with Crippen molar-refractivity contribution in [3.8, 4) is 28.4 Å². The fourth-order valence-electron chi connectivity index (χ4n) is 6.83. The molecule has 0 N–H and O–H groups in total. The van der Waals surface area contributed by atoms with E-state index in [0.29, 0.717) is 17.4 Å². The number of fused-ring (bicyclic) bond motifs is 3. The Labute approximate surface area is 321 Å². The molecule has 7 aromatic rings. The van der Waals surface area contributed by atoms with Gasteiger partial charge in [-0.15, -0.1) is 48.1 Å². The van der Waals surface area contributed by atoms with Crippen molar-refractivity contribution in [1.82, 2.24) is 9.55 Å². The Balaban J connectivity index is 0.00000420. The van der Waals surface area contributed by atoms with Crippen LogP contribution >= 0.6 is 0 Å². The van der Waals surface area contributed by atoms with Crippen molar-refractivity contribution in [3.63, 3.8) is 0 Å². The van der Waals surface area contributed by atoms with Crippen LogP contribution in [0.3, 0.4) is 0 Å². The van der Waals surface area contributed by atoms with Crippen LogP contribution in [0.4, 0.5) is 11.4 Å². The Hall–Kier alpha value is -5.12. The van der Waals surface area contributed by atoms with Gasteiger partial charge in [0.25, 0.3) is 0 Å². The molecular formula is C46H41N4OPt-3. The molecule has 0 spiro atoms. The van der Waals surface area contributed by atoms with Crippen LogP contribution in [0.1, 0.15) is 45.7 Å². The number of aromatic nitrogens is 2. The SMILES string of the molecule is CC(C)Cc1ccnc(-n2c3[c-]c(Oc4[c-]c(N5C=CN(c6ccc(C(C)(C)C)cc6-c6ccccc6)[CH-]5)ccc4)ccc3c3ccccc32)c1.[Pt]. The standard InChI is InChI=1S/C46H41N4O.Pt/c1-32(2)26-33-22-23-47-45(27-33)50-43-17-10-9-16-39(43)40-20-19-38(30-44(40)50)51-37-15-11-14-36(29-37)48-24-25-49(31-48)42-21-18-35(46(3,4)5)28-41(42)34-12-7-6-8-13-34;/h6-25,27-28,31-32H,26H2,1-5H3;/q-3;. The summed E-state index contributed by atoms with van der Waals surface area (Å²) in [5.41, 5.74) is 9.00. The summed E-state index contributed by atoms with van der Waals surface area (Å²) in [6.07, 6.45) is 7.04. The molecule has 264 valence electrons. The number of hydrogen-bond donors (Lipinski definition) is 0. The molecule has 0 amide bonds. The average molecular weight is 861 g/mol. The summed E-state index contributed by atoms with van der Waals surface area (Å²) in [5, 5.41) is 2.26. The van der Waals surface area contributed by atoms with Gasteiger partial charge in [-0.05, 0) is 82.6 Å². The largest absolute Gasteiger partial charge is 0.509 e. The molecular weight excluding hydrogens is 820 g/mol. The van der Waals surface area contributed by atoms with Gasteiger partial charge in [0.05, 0.1) is 0 Å². The molecule has 3 heterocycles. The first kappa shape index (κ1) is 35.3. The first-order valence-corrected chi connectivity index (χ1v) is 17.6. The summed E-state index contributed by atoms with van der Waals surface area (Å²) in [7, 11) is 0. The van der Waals surface area contributed by atoms with E-state index in [1.54, 1.807) is 0 Å². The van der Waals surface area contributed by atoms with Gasteiger partial charge in [-0.3, -0.25) is 0 Å². The summed E-state index contributed by atoms with van der Waals surface area (Å²) in [6.45, 7) is 13.3. The predicted molar refractivity (Wildman–Crippen MR) is 210 cm³/mol. The zero-order valence-corrected chi connectivity index (χ0v) is 32.3. The van der Waals surface area contributed by atoms with E-state index in [-0.39, 0.29) is 26.5 Å². The van der Waals surface area contributed by atoms with E-state index >= 15 is 0 Å². The molecule has 8 rings (SSSR count). The van der Waals surface area contributed by atoms with Crippen LogP contribution in [0.2, 0.25) is 0 Å². The van der Waals surface area contributed by atoms with Crippen LogP contribution in [0, 0.1) is 24.7 Å². The summed E-state index contributed by atoms with van der Waals surface area (Å²) < 4.78 is 8.65. The summed E-state index contributed by atoms with van der Waals surface area (Å²) in [4.78, 5) is 9.04. The first-order valence-electron chi connectivity index (χ1n) is 17.6. The van der Waals surface area contributed by atoms with Gasteiger partial charge in [0, 0.05) is 55.5 Å². The number of anilines is 2. The third kappa shape index (κ3) is 7.03. The molecule has 1 aliphatic rings. The van der Waals surface area contributed by atoms with Gasteiger partial charge in [0.15, 0.2) is 0 Å². The molecule has 6 heteroatoms. The zero-order valence-electron chi connectivity index (χ0n) is 30.1. The van der Waals surface area contributed by atoms with Gasteiger partial charge in [0.1, 0.15) is 5.82 Å². The molecule has 2 aromatic heterocycles. The van der Waals surface area contributed by atoms with E-state index < -0.39 is 0 Å². The van der Waals surface area contributed by atoms with Crippen LogP contribution in [-0.4, -0.2) is 9.55 Å². The van der Waals surface area contributed by atoms with Crippen molar-refractivity contribution in [2.45, 2.75) is 46.5 Å². The van der Waals surface area contributed by atoms with Crippen LogP contribution in [-0.2, 0) is 32.9 Å². The fourth-order valence-corrected chi connectivity index (χ4v) is 6.83. The number of nitrogens with zero attached hydrogens (tertiary/aromatic N) is 4. The molecule has 0 saturated heterocycles. The van der Waals surface area contributed by atoms with E-state index in [0.717, 1.165) is 45.4 Å². The number of para-hydroxylation sites is 1. The maximum atomic E-state index is 6.46. The maximum absolute atomic E-state index is 6.46. The van der Waals surface area contributed by atoms with E-state index in [4.69, 9.17) is 9.72 Å². The second-order valence-corrected chi connectivity index (χ2v) is 14.6. The quantitative estimate of drug-likeness (QED) is 0.143. The Morgan fingerprint density at radius 1 is 0.750 bits per heavy atom. The van der Waals surface area contributed by atoms with Crippen molar-refractivity contribution in [3.05, 3.63) is 164 Å². The molecule has 0 saturated carbocycles. The summed E-state index contributed by atoms with van der Waals surface area (Å²) >= 11 is 0. The molecule has 0 aliphatic carbocycles. The number of pyridine rings is 1. The predicted octanol–water partition coefficient (Wildman–Crippen LogP) is 11.6. The Kier molecular flexibility index (Phi) is 9.83. The molecule has 0 atom stereocenters. The topological polar surface area (TPSA) is 33.5 Å². The zero-order chi connectivity index (χ0) is 35.1. The van der Waals surface area contributed by atoms with E-state index in [9.17, 15) is 0 Å². The third-order valence-corrected chi connectivity index (χ3v) is 9.35. The Morgan fingerprint density at radius 2 is 1.52 bits per heavy atom. The van der Waals surface area contributed by atoms with E-state index in [1.807, 2.05) is 30.5 Å². The molecule has 5 aromatic carbocycles. The van der Waals surface area contributed by atoms with Crippen LogP contribution in [0.15, 0.2) is 134 Å². The van der Waals surface area contributed by atoms with Gasteiger partial charge in [-0.1, -0.05) is 94.7 Å². The minimum absolute atomic E-state index is 0. The monoisotopic (exact) mass is 860 g/mol. The minimum atomic E-state index is 0. The van der Waals surface area contributed by atoms with Gasteiger partial charge >= 0.3 is 0 Å². The van der Waals surface area contributed by atoms with Crippen molar-refractivity contribution < 1.29 is 25.8 Å². The fraction of sp³-hybridized carbons (Fsp3) is 0.174. The second-order valence-electron chi connectivity index (χ2n) is 14.6. The summed E-state index contributed by atoms with van der Waals surface area (Å²) in [6, 6.07) is 47.3. The van der Waals surface area contributed by atoms with Gasteiger partial charge < -0.3 is 19.1 Å². The van der Waals surface area contributed by atoms with Crippen LogP contribution in [0.5, 0.6) is 11.5 Å².